The van der Waals surface area contributed by atoms with Crippen LogP contribution in [0.5, 0.6) is 0 Å². The van der Waals surface area contributed by atoms with Gasteiger partial charge in [-0.3, -0.25) is 19.2 Å². The van der Waals surface area contributed by atoms with E-state index in [2.05, 4.69) is 0 Å². The maximum absolute atomic E-state index is 11.7. The van der Waals surface area contributed by atoms with Gasteiger partial charge in [-0.1, -0.05) is 0 Å². The molecule has 31 heavy (non-hydrogen) atoms. The van der Waals surface area contributed by atoms with Crippen molar-refractivity contribution in [2.45, 2.75) is 70.6 Å². The highest BCUT2D eigenvalue weighted by atomic mass is 16.7. The van der Waals surface area contributed by atoms with Crippen LogP contribution in [0.25, 0.3) is 0 Å². The number of hydrogen-bond donors (Lipinski definition) is 3. The quantitative estimate of drug-likeness (QED) is 0.240. The number of ether oxygens (including phenoxy) is 6. The fraction of sp³-hybridized carbons (Fsp3) is 0.778. The van der Waals surface area contributed by atoms with Crippen molar-refractivity contribution in [2.75, 3.05) is 19.8 Å². The van der Waals surface area contributed by atoms with Crippen molar-refractivity contribution in [3.8, 4) is 0 Å². The summed E-state index contributed by atoms with van der Waals surface area (Å²) in [7, 11) is 0. The van der Waals surface area contributed by atoms with Gasteiger partial charge in [0.2, 0.25) is 0 Å². The topological polar surface area (TPSA) is 184 Å². The summed E-state index contributed by atoms with van der Waals surface area (Å²) in [5.74, 6) is -3.06. The lowest BCUT2D eigenvalue weighted by Crippen LogP contribution is -2.63. The Hall–Kier alpha value is -2.32. The Bertz CT molecular complexity index is 636. The van der Waals surface area contributed by atoms with Crippen LogP contribution in [0.3, 0.4) is 0 Å². The van der Waals surface area contributed by atoms with Crippen molar-refractivity contribution < 1.29 is 62.9 Å². The van der Waals surface area contributed by atoms with Gasteiger partial charge in [0.25, 0.3) is 0 Å². The predicted octanol–water partition coefficient (Wildman–Crippen LogP) is -2.20. The zero-order valence-electron chi connectivity index (χ0n) is 17.6. The highest BCUT2D eigenvalue weighted by Gasteiger charge is 2.52. The van der Waals surface area contributed by atoms with E-state index < -0.39 is 86.6 Å². The molecule has 0 aliphatic carbocycles. The number of hydrogen-bond acceptors (Lipinski definition) is 13. The third kappa shape index (κ3) is 8.75. The fourth-order valence-corrected chi connectivity index (χ4v) is 2.75. The normalized spacial score (nSPS) is 27.5. The molecule has 7 atom stereocenters. The molecule has 0 radical (unpaired) electrons. The molecule has 1 saturated heterocycles. The second-order valence-corrected chi connectivity index (χ2v) is 6.72. The van der Waals surface area contributed by atoms with Crippen molar-refractivity contribution in [2.24, 2.45) is 0 Å². The lowest BCUT2D eigenvalue weighted by atomic mass is 9.98. The maximum atomic E-state index is 11.7. The summed E-state index contributed by atoms with van der Waals surface area (Å²) >= 11 is 0. The van der Waals surface area contributed by atoms with Crippen LogP contribution in [0.15, 0.2) is 0 Å². The van der Waals surface area contributed by atoms with E-state index in [4.69, 9.17) is 33.5 Å². The first-order chi connectivity index (χ1) is 14.5. The van der Waals surface area contributed by atoms with Gasteiger partial charge in [-0.2, -0.15) is 0 Å². The smallest absolute Gasteiger partial charge is 0.303 e. The Morgan fingerprint density at radius 3 is 1.81 bits per heavy atom. The molecule has 0 aromatic carbocycles. The lowest BCUT2D eigenvalue weighted by Gasteiger charge is -2.44. The molecule has 0 saturated carbocycles. The van der Waals surface area contributed by atoms with Crippen LogP contribution < -0.4 is 0 Å². The van der Waals surface area contributed by atoms with Crippen LogP contribution in [-0.4, -0.2) is 102 Å². The van der Waals surface area contributed by atoms with E-state index in [1.165, 1.54) is 0 Å². The van der Waals surface area contributed by atoms with Crippen LogP contribution in [0.4, 0.5) is 0 Å². The highest BCUT2D eigenvalue weighted by Crippen LogP contribution is 2.30. The van der Waals surface area contributed by atoms with E-state index in [9.17, 15) is 29.4 Å². The Kier molecular flexibility index (Phi) is 10.8. The molecule has 178 valence electrons. The molecule has 0 bridgehead atoms. The van der Waals surface area contributed by atoms with Gasteiger partial charge in [0.05, 0.1) is 13.2 Å². The summed E-state index contributed by atoms with van der Waals surface area (Å²) in [6.07, 6.45) is -9.93. The molecule has 0 aromatic heterocycles. The van der Waals surface area contributed by atoms with Crippen LogP contribution in [0, 0.1) is 0 Å². The number of rotatable bonds is 10. The Morgan fingerprint density at radius 2 is 1.32 bits per heavy atom. The Labute approximate surface area is 178 Å². The second-order valence-electron chi connectivity index (χ2n) is 6.72. The van der Waals surface area contributed by atoms with Gasteiger partial charge in [-0.25, -0.2) is 0 Å². The van der Waals surface area contributed by atoms with Crippen LogP contribution >= 0.6 is 0 Å². The number of carbonyl (C=O) groups excluding carboxylic acids is 4. The van der Waals surface area contributed by atoms with Crippen LogP contribution in [0.2, 0.25) is 0 Å². The lowest BCUT2D eigenvalue weighted by molar-refractivity contribution is -0.312. The van der Waals surface area contributed by atoms with Crippen molar-refractivity contribution in [3.05, 3.63) is 0 Å². The van der Waals surface area contributed by atoms with Gasteiger partial charge in [0, 0.05) is 27.7 Å². The summed E-state index contributed by atoms with van der Waals surface area (Å²) in [4.78, 5) is 46.2. The standard InChI is InChI=1S/C18H28O13/c1-8(20)26-7-14-15(28-9(2)21)16(29-10(3)22)17(30-11(4)23)18(31-14)27-6-13(25)12(24)5-19/h12-19,24-25H,5-7H2,1-4H3/t12-,13+,14+,15+,16-,17-,18?/m0/s1. The van der Waals surface area contributed by atoms with Crippen LogP contribution in [-0.2, 0) is 47.6 Å². The molecule has 1 fully saturated rings. The van der Waals surface area contributed by atoms with E-state index in [1.807, 2.05) is 0 Å². The SMILES string of the molecule is CC(=O)OC[C@H]1OC(OC[C@@H](O)[C@@H](O)CO)[C@@H](OC(C)=O)[C@@H](OC(C)=O)[C@@H]1OC(C)=O. The van der Waals surface area contributed by atoms with Gasteiger partial charge < -0.3 is 43.7 Å². The average molecular weight is 452 g/mol. The largest absolute Gasteiger partial charge is 0.463 e. The molecule has 1 aliphatic heterocycles. The zero-order valence-corrected chi connectivity index (χ0v) is 17.6. The molecule has 0 amide bonds. The second kappa shape index (κ2) is 12.5. The monoisotopic (exact) mass is 452 g/mol. The van der Waals surface area contributed by atoms with Crippen molar-refractivity contribution in [1.29, 1.82) is 0 Å². The Morgan fingerprint density at radius 1 is 0.806 bits per heavy atom. The number of esters is 4. The minimum atomic E-state index is -1.53. The van der Waals surface area contributed by atoms with Gasteiger partial charge in [0.1, 0.15) is 24.9 Å². The van der Waals surface area contributed by atoms with Crippen LogP contribution in [0.1, 0.15) is 27.7 Å². The van der Waals surface area contributed by atoms with Crippen molar-refractivity contribution in [1.82, 2.24) is 0 Å². The first-order valence-electron chi connectivity index (χ1n) is 9.35. The molecule has 1 unspecified atom stereocenters. The van der Waals surface area contributed by atoms with Crippen molar-refractivity contribution >= 4 is 23.9 Å². The molecule has 1 aliphatic rings. The summed E-state index contributed by atoms with van der Waals surface area (Å²) in [6.45, 7) is 2.61. The predicted molar refractivity (Wildman–Crippen MR) is 97.0 cm³/mol. The molecular formula is C18H28O13. The molecule has 0 spiro atoms. The number of carbonyl (C=O) groups is 4. The van der Waals surface area contributed by atoms with Gasteiger partial charge >= 0.3 is 23.9 Å². The van der Waals surface area contributed by atoms with E-state index >= 15 is 0 Å². The van der Waals surface area contributed by atoms with E-state index in [0.29, 0.717) is 0 Å². The summed E-state index contributed by atoms with van der Waals surface area (Å²) in [5, 5.41) is 28.2. The minimum absolute atomic E-state index is 0.431. The van der Waals surface area contributed by atoms with Gasteiger partial charge in [-0.05, 0) is 0 Å². The first-order valence-corrected chi connectivity index (χ1v) is 9.35. The number of aliphatic hydroxyl groups is 3. The highest BCUT2D eigenvalue weighted by molar-refractivity contribution is 5.68. The summed E-state index contributed by atoms with van der Waals surface area (Å²) in [5.41, 5.74) is 0. The zero-order chi connectivity index (χ0) is 23.7. The first kappa shape index (κ1) is 26.7. The third-order valence-corrected chi connectivity index (χ3v) is 4.01. The summed E-state index contributed by atoms with van der Waals surface area (Å²) in [6, 6.07) is 0. The van der Waals surface area contributed by atoms with Crippen molar-refractivity contribution in [3.63, 3.8) is 0 Å². The van der Waals surface area contributed by atoms with Gasteiger partial charge in [0.15, 0.2) is 24.6 Å². The third-order valence-electron chi connectivity index (χ3n) is 4.01. The fourth-order valence-electron chi connectivity index (χ4n) is 2.75. The molecule has 13 nitrogen and oxygen atoms in total. The molecular weight excluding hydrogens is 424 g/mol. The summed E-state index contributed by atoms with van der Waals surface area (Å²) < 4.78 is 31.5. The molecule has 1 heterocycles. The van der Waals surface area contributed by atoms with E-state index in [1.54, 1.807) is 0 Å². The average Bonchev–Trinajstić information content (AvgIpc) is 2.66. The molecule has 3 N–H and O–H groups in total. The van der Waals surface area contributed by atoms with E-state index in [-0.39, 0.29) is 0 Å². The molecule has 0 aromatic rings. The molecule has 1 rings (SSSR count). The van der Waals surface area contributed by atoms with Gasteiger partial charge in [-0.15, -0.1) is 0 Å². The Balaban J connectivity index is 3.24. The minimum Gasteiger partial charge on any atom is -0.463 e. The maximum Gasteiger partial charge on any atom is 0.303 e. The number of aliphatic hydroxyl groups excluding tert-OH is 3. The molecule has 13 heteroatoms. The van der Waals surface area contributed by atoms with E-state index in [0.717, 1.165) is 27.7 Å².